The van der Waals surface area contributed by atoms with E-state index in [1.807, 2.05) is 0 Å². The lowest BCUT2D eigenvalue weighted by Gasteiger charge is -2.32. The Morgan fingerprint density at radius 3 is 2.52 bits per heavy atom. The van der Waals surface area contributed by atoms with Crippen LogP contribution in [0.1, 0.15) is 19.8 Å². The monoisotopic (exact) mass is 295 g/mol. The molecule has 1 heterocycles. The summed E-state index contributed by atoms with van der Waals surface area (Å²) in [4.78, 5) is 33.3. The van der Waals surface area contributed by atoms with Crippen molar-refractivity contribution in [1.29, 1.82) is 0 Å². The van der Waals surface area contributed by atoms with E-state index in [1.165, 1.54) is 17.9 Å². The minimum atomic E-state index is -1.25. The van der Waals surface area contributed by atoms with Crippen LogP contribution in [-0.4, -0.2) is 33.0 Å². The molecule has 1 aliphatic rings. The molecule has 0 aromatic heterocycles. The number of nitro groups is 2. The number of rotatable bonds is 4. The number of carboxylic acids is 1. The Bertz CT molecular complexity index is 631. The van der Waals surface area contributed by atoms with E-state index in [2.05, 4.69) is 0 Å². The fraction of sp³-hybridized carbons (Fsp3) is 0.417. The maximum atomic E-state index is 11.4. The molecule has 1 atom stereocenters. The van der Waals surface area contributed by atoms with Crippen molar-refractivity contribution in [3.05, 3.63) is 38.4 Å². The lowest BCUT2D eigenvalue weighted by atomic mass is 9.98. The summed E-state index contributed by atoms with van der Waals surface area (Å²) in [5.74, 6) is -1.08. The van der Waals surface area contributed by atoms with E-state index < -0.39 is 32.7 Å². The Morgan fingerprint density at radius 1 is 1.33 bits per heavy atom. The fourth-order valence-corrected chi connectivity index (χ4v) is 2.57. The van der Waals surface area contributed by atoms with Crippen molar-refractivity contribution in [2.24, 2.45) is 0 Å². The molecule has 0 aliphatic carbocycles. The molecule has 9 nitrogen and oxygen atoms in total. The quantitative estimate of drug-likeness (QED) is 0.664. The normalized spacial score (nSPS) is 21.3. The Labute approximate surface area is 119 Å². The van der Waals surface area contributed by atoms with Crippen LogP contribution in [0.3, 0.4) is 0 Å². The summed E-state index contributed by atoms with van der Waals surface area (Å²) in [6, 6.07) is 3.24. The van der Waals surface area contributed by atoms with Gasteiger partial charge >= 0.3 is 5.97 Å². The molecule has 9 heteroatoms. The molecule has 112 valence electrons. The van der Waals surface area contributed by atoms with E-state index in [4.69, 9.17) is 0 Å². The van der Waals surface area contributed by atoms with Gasteiger partial charge in [0.05, 0.1) is 15.9 Å². The van der Waals surface area contributed by atoms with Crippen LogP contribution in [0.2, 0.25) is 0 Å². The average molecular weight is 295 g/mol. The number of benzene rings is 1. The van der Waals surface area contributed by atoms with Crippen molar-refractivity contribution < 1.29 is 19.7 Å². The summed E-state index contributed by atoms with van der Waals surface area (Å²) in [7, 11) is 0. The highest BCUT2D eigenvalue weighted by molar-refractivity contribution is 5.85. The van der Waals surface area contributed by atoms with Gasteiger partial charge in [-0.05, 0) is 25.8 Å². The zero-order chi connectivity index (χ0) is 15.8. The second-order valence-electron chi connectivity index (χ2n) is 5.02. The number of hydrogen-bond acceptors (Lipinski definition) is 6. The summed E-state index contributed by atoms with van der Waals surface area (Å²) < 4.78 is 0. The lowest BCUT2D eigenvalue weighted by Crippen LogP contribution is -2.48. The second kappa shape index (κ2) is 5.00. The summed E-state index contributed by atoms with van der Waals surface area (Å²) in [5.41, 5.74) is -2.02. The first-order chi connectivity index (χ1) is 9.77. The Kier molecular flexibility index (Phi) is 3.50. The van der Waals surface area contributed by atoms with Crippen molar-refractivity contribution in [1.82, 2.24) is 0 Å². The number of nitro benzene ring substituents is 2. The van der Waals surface area contributed by atoms with Crippen molar-refractivity contribution >= 4 is 23.0 Å². The van der Waals surface area contributed by atoms with Gasteiger partial charge in [-0.15, -0.1) is 0 Å². The third-order valence-corrected chi connectivity index (χ3v) is 3.76. The molecule has 1 aromatic carbocycles. The fourth-order valence-electron chi connectivity index (χ4n) is 2.57. The minimum absolute atomic E-state index is 0.0907. The third-order valence-electron chi connectivity index (χ3n) is 3.76. The van der Waals surface area contributed by atoms with Crippen LogP contribution < -0.4 is 4.90 Å². The van der Waals surface area contributed by atoms with Crippen molar-refractivity contribution in [3.8, 4) is 0 Å². The predicted octanol–water partition coefficient (Wildman–Crippen LogP) is 1.95. The minimum Gasteiger partial charge on any atom is -0.480 e. The van der Waals surface area contributed by atoms with E-state index in [0.29, 0.717) is 19.4 Å². The molecule has 21 heavy (non-hydrogen) atoms. The highest BCUT2D eigenvalue weighted by Gasteiger charge is 2.45. The molecule has 1 aliphatic heterocycles. The van der Waals surface area contributed by atoms with E-state index in [0.717, 1.165) is 12.1 Å². The van der Waals surface area contributed by atoms with Crippen LogP contribution >= 0.6 is 0 Å². The summed E-state index contributed by atoms with van der Waals surface area (Å²) in [6.07, 6.45) is 0.938. The molecular formula is C12H13N3O6. The van der Waals surface area contributed by atoms with Crippen molar-refractivity contribution in [2.75, 3.05) is 11.4 Å². The van der Waals surface area contributed by atoms with Gasteiger partial charge in [-0.25, -0.2) is 4.79 Å². The molecule has 1 aromatic rings. The summed E-state index contributed by atoms with van der Waals surface area (Å²) >= 11 is 0. The molecule has 0 bridgehead atoms. The number of carbonyl (C=O) groups is 1. The summed E-state index contributed by atoms with van der Waals surface area (Å²) in [6.45, 7) is 1.84. The number of hydrogen-bond donors (Lipinski definition) is 1. The highest BCUT2D eigenvalue weighted by atomic mass is 16.6. The Morgan fingerprint density at radius 2 is 2.00 bits per heavy atom. The standard InChI is InChI=1S/C12H13N3O6/c1-12(11(16)17)5-2-6-13(12)9-4-3-8(14(18)19)7-10(9)15(20)21/h3-4,7H,2,5-6H2,1H3,(H,16,17). The van der Waals surface area contributed by atoms with Crippen LogP contribution in [0.15, 0.2) is 18.2 Å². The number of aliphatic carboxylic acids is 1. The molecule has 2 rings (SSSR count). The maximum Gasteiger partial charge on any atom is 0.329 e. The number of non-ortho nitro benzene ring substituents is 1. The molecule has 0 radical (unpaired) electrons. The van der Waals surface area contributed by atoms with Crippen molar-refractivity contribution in [2.45, 2.75) is 25.3 Å². The molecule has 1 unspecified atom stereocenters. The number of carboxylic acid groups (broad SMARTS) is 1. The first-order valence-corrected chi connectivity index (χ1v) is 6.21. The predicted molar refractivity (Wildman–Crippen MR) is 72.4 cm³/mol. The molecule has 0 saturated carbocycles. The van der Waals surface area contributed by atoms with Gasteiger partial charge in [-0.1, -0.05) is 0 Å². The third kappa shape index (κ3) is 2.37. The van der Waals surface area contributed by atoms with Gasteiger partial charge in [-0.2, -0.15) is 0 Å². The first-order valence-electron chi connectivity index (χ1n) is 6.21. The van der Waals surface area contributed by atoms with Gasteiger partial charge in [0.15, 0.2) is 0 Å². The van der Waals surface area contributed by atoms with E-state index >= 15 is 0 Å². The van der Waals surface area contributed by atoms with Gasteiger partial charge in [0.2, 0.25) is 0 Å². The molecule has 1 N–H and O–H groups in total. The average Bonchev–Trinajstić information content (AvgIpc) is 2.81. The summed E-state index contributed by atoms with van der Waals surface area (Å²) in [5, 5.41) is 31.2. The molecule has 0 spiro atoms. The van der Waals surface area contributed by atoms with Crippen LogP contribution in [0.4, 0.5) is 17.1 Å². The Hall–Kier alpha value is -2.71. The van der Waals surface area contributed by atoms with Crippen LogP contribution in [0.5, 0.6) is 0 Å². The zero-order valence-electron chi connectivity index (χ0n) is 11.2. The number of anilines is 1. The second-order valence-corrected chi connectivity index (χ2v) is 5.02. The van der Waals surface area contributed by atoms with Crippen LogP contribution in [-0.2, 0) is 4.79 Å². The smallest absolute Gasteiger partial charge is 0.329 e. The van der Waals surface area contributed by atoms with Crippen LogP contribution in [0.25, 0.3) is 0 Å². The van der Waals surface area contributed by atoms with E-state index in [9.17, 15) is 30.1 Å². The lowest BCUT2D eigenvalue weighted by molar-refractivity contribution is -0.393. The number of nitrogens with zero attached hydrogens (tertiary/aromatic N) is 3. The van der Waals surface area contributed by atoms with Gasteiger partial charge in [0.25, 0.3) is 11.4 Å². The van der Waals surface area contributed by atoms with Crippen molar-refractivity contribution in [3.63, 3.8) is 0 Å². The SMILES string of the molecule is CC1(C(=O)O)CCCN1c1ccc([N+](=O)[O-])cc1[N+](=O)[O-]. The van der Waals surface area contributed by atoms with Gasteiger partial charge in [0.1, 0.15) is 11.2 Å². The van der Waals surface area contributed by atoms with Crippen LogP contribution in [0, 0.1) is 20.2 Å². The largest absolute Gasteiger partial charge is 0.480 e. The zero-order valence-corrected chi connectivity index (χ0v) is 11.2. The molecule has 1 fully saturated rings. The highest BCUT2D eigenvalue weighted by Crippen LogP contribution is 2.40. The molecule has 0 amide bonds. The van der Waals surface area contributed by atoms with Gasteiger partial charge in [0, 0.05) is 12.6 Å². The topological polar surface area (TPSA) is 127 Å². The van der Waals surface area contributed by atoms with E-state index in [1.54, 1.807) is 0 Å². The van der Waals surface area contributed by atoms with Gasteiger partial charge < -0.3 is 10.0 Å². The maximum absolute atomic E-state index is 11.4. The van der Waals surface area contributed by atoms with E-state index in [-0.39, 0.29) is 5.69 Å². The molecule has 1 saturated heterocycles. The first kappa shape index (κ1) is 14.7. The molecular weight excluding hydrogens is 282 g/mol. The Balaban J connectivity index is 2.56. The van der Waals surface area contributed by atoms with Gasteiger partial charge in [-0.3, -0.25) is 20.2 Å².